The van der Waals surface area contributed by atoms with Crippen molar-refractivity contribution < 1.29 is 4.74 Å². The van der Waals surface area contributed by atoms with Gasteiger partial charge in [-0.15, -0.1) is 0 Å². The van der Waals surface area contributed by atoms with Gasteiger partial charge in [0.15, 0.2) is 0 Å². The van der Waals surface area contributed by atoms with Gasteiger partial charge >= 0.3 is 0 Å². The minimum absolute atomic E-state index is 0.213. The third-order valence-electron chi connectivity index (χ3n) is 4.18. The molecule has 1 fully saturated rings. The number of piperidine rings is 1. The molecule has 1 aliphatic rings. The average molecular weight is 290 g/mol. The average Bonchev–Trinajstić information content (AvgIpc) is 2.45. The molecule has 1 N–H and O–H groups in total. The number of likely N-dealkylation sites (tertiary alicyclic amines) is 1. The van der Waals surface area contributed by atoms with Gasteiger partial charge in [-0.05, 0) is 65.7 Å². The molecule has 0 radical (unpaired) electrons. The Morgan fingerprint density at radius 2 is 2.05 bits per heavy atom. The van der Waals surface area contributed by atoms with Gasteiger partial charge in [0.1, 0.15) is 5.75 Å². The molecule has 0 bridgehead atoms. The maximum Gasteiger partial charge on any atom is 0.124 e. The Labute approximate surface area is 129 Å². The summed E-state index contributed by atoms with van der Waals surface area (Å²) in [6.07, 6.45) is 2.88. The first-order chi connectivity index (χ1) is 10.1. The van der Waals surface area contributed by atoms with Crippen molar-refractivity contribution in [2.24, 2.45) is 5.92 Å². The zero-order valence-electron chi connectivity index (χ0n) is 13.9. The summed E-state index contributed by atoms with van der Waals surface area (Å²) < 4.78 is 5.93. The van der Waals surface area contributed by atoms with E-state index in [1.54, 1.807) is 0 Å². The van der Waals surface area contributed by atoms with E-state index in [1.807, 2.05) is 6.07 Å². The van der Waals surface area contributed by atoms with Crippen LogP contribution in [0.3, 0.4) is 0 Å². The van der Waals surface area contributed by atoms with Crippen molar-refractivity contribution in [1.29, 1.82) is 0 Å². The molecule has 0 saturated carbocycles. The van der Waals surface area contributed by atoms with Crippen molar-refractivity contribution in [3.63, 3.8) is 0 Å². The van der Waals surface area contributed by atoms with E-state index >= 15 is 0 Å². The quantitative estimate of drug-likeness (QED) is 0.868. The molecular formula is C18H30N2O. The Balaban J connectivity index is 1.92. The van der Waals surface area contributed by atoms with Gasteiger partial charge in [0.05, 0.1) is 6.10 Å². The highest BCUT2D eigenvalue weighted by atomic mass is 16.5. The van der Waals surface area contributed by atoms with Gasteiger partial charge in [-0.3, -0.25) is 0 Å². The van der Waals surface area contributed by atoms with Crippen molar-refractivity contribution in [1.82, 2.24) is 10.2 Å². The van der Waals surface area contributed by atoms with Crippen LogP contribution in [0.15, 0.2) is 24.3 Å². The highest BCUT2D eigenvalue weighted by molar-refractivity contribution is 5.35. The molecule has 0 aromatic heterocycles. The van der Waals surface area contributed by atoms with Gasteiger partial charge in [0.2, 0.25) is 0 Å². The van der Waals surface area contributed by atoms with Crippen molar-refractivity contribution in [3.05, 3.63) is 29.8 Å². The predicted octanol–water partition coefficient (Wildman–Crippen LogP) is 3.47. The monoisotopic (exact) mass is 290 g/mol. The van der Waals surface area contributed by atoms with E-state index < -0.39 is 0 Å². The van der Waals surface area contributed by atoms with Crippen molar-refractivity contribution in [2.45, 2.75) is 45.8 Å². The molecule has 118 valence electrons. The topological polar surface area (TPSA) is 24.5 Å². The Hall–Kier alpha value is -1.06. The third kappa shape index (κ3) is 5.01. The number of benzene rings is 1. The maximum atomic E-state index is 5.93. The van der Waals surface area contributed by atoms with Crippen molar-refractivity contribution >= 4 is 0 Å². The molecule has 2 rings (SSSR count). The van der Waals surface area contributed by atoms with Gasteiger partial charge in [0, 0.05) is 18.2 Å². The minimum Gasteiger partial charge on any atom is -0.491 e. The molecule has 3 nitrogen and oxygen atoms in total. The predicted molar refractivity (Wildman–Crippen MR) is 88.8 cm³/mol. The van der Waals surface area contributed by atoms with Crippen LogP contribution in [-0.4, -0.2) is 37.7 Å². The molecule has 2 unspecified atom stereocenters. The van der Waals surface area contributed by atoms with Gasteiger partial charge in [-0.1, -0.05) is 18.2 Å². The fraction of sp³-hybridized carbons (Fsp3) is 0.667. The second kappa shape index (κ2) is 7.81. The lowest BCUT2D eigenvalue weighted by Crippen LogP contribution is -2.38. The highest BCUT2D eigenvalue weighted by Gasteiger charge is 2.19. The van der Waals surface area contributed by atoms with Crippen molar-refractivity contribution in [2.75, 3.05) is 26.7 Å². The molecule has 0 spiro atoms. The smallest absolute Gasteiger partial charge is 0.124 e. The minimum atomic E-state index is 0.213. The van der Waals surface area contributed by atoms with Crippen LogP contribution in [0.25, 0.3) is 0 Å². The Morgan fingerprint density at radius 3 is 2.76 bits per heavy atom. The number of nitrogens with zero attached hydrogens (tertiary/aromatic N) is 1. The Bertz CT molecular complexity index is 433. The van der Waals surface area contributed by atoms with Crippen LogP contribution in [-0.2, 0) is 0 Å². The molecule has 1 aliphatic heterocycles. The number of para-hydroxylation sites is 1. The molecule has 1 aromatic carbocycles. The SMILES string of the molecule is CC(C)Oc1ccccc1C(C)NCC1CCCN(C)C1. The Kier molecular flexibility index (Phi) is 6.07. The lowest BCUT2D eigenvalue weighted by Gasteiger charge is -2.31. The zero-order valence-corrected chi connectivity index (χ0v) is 13.9. The largest absolute Gasteiger partial charge is 0.491 e. The van der Waals surface area contributed by atoms with E-state index in [1.165, 1.54) is 31.5 Å². The summed E-state index contributed by atoms with van der Waals surface area (Å²) in [6.45, 7) is 9.93. The van der Waals surface area contributed by atoms with Crippen LogP contribution in [0.5, 0.6) is 5.75 Å². The summed E-state index contributed by atoms with van der Waals surface area (Å²) in [5.41, 5.74) is 1.26. The van der Waals surface area contributed by atoms with Gasteiger partial charge in [-0.25, -0.2) is 0 Å². The van der Waals surface area contributed by atoms with Crippen LogP contribution in [0, 0.1) is 5.92 Å². The molecular weight excluding hydrogens is 260 g/mol. The second-order valence-corrected chi connectivity index (χ2v) is 6.60. The van der Waals surface area contributed by atoms with Crippen LogP contribution < -0.4 is 10.1 Å². The zero-order chi connectivity index (χ0) is 15.2. The van der Waals surface area contributed by atoms with Crippen molar-refractivity contribution in [3.8, 4) is 5.75 Å². The third-order valence-corrected chi connectivity index (χ3v) is 4.18. The second-order valence-electron chi connectivity index (χ2n) is 6.60. The number of ether oxygens (including phenoxy) is 1. The molecule has 1 aromatic rings. The van der Waals surface area contributed by atoms with Gasteiger partial charge in [-0.2, -0.15) is 0 Å². The highest BCUT2D eigenvalue weighted by Crippen LogP contribution is 2.26. The number of rotatable bonds is 6. The fourth-order valence-electron chi connectivity index (χ4n) is 3.09. The fourth-order valence-corrected chi connectivity index (χ4v) is 3.09. The molecule has 1 saturated heterocycles. The first-order valence-electron chi connectivity index (χ1n) is 8.23. The van der Waals surface area contributed by atoms with Gasteiger partial charge < -0.3 is 15.0 Å². The molecule has 21 heavy (non-hydrogen) atoms. The van der Waals surface area contributed by atoms with E-state index in [-0.39, 0.29) is 6.10 Å². The van der Waals surface area contributed by atoms with Crippen LogP contribution in [0.4, 0.5) is 0 Å². The Morgan fingerprint density at radius 1 is 1.29 bits per heavy atom. The summed E-state index contributed by atoms with van der Waals surface area (Å²) in [6, 6.07) is 8.70. The van der Waals surface area contributed by atoms with E-state index in [0.717, 1.165) is 18.2 Å². The van der Waals surface area contributed by atoms with Crippen LogP contribution in [0.2, 0.25) is 0 Å². The molecule has 3 heteroatoms. The summed E-state index contributed by atoms with van der Waals surface area (Å²) >= 11 is 0. The standard InChI is InChI=1S/C18H30N2O/c1-14(2)21-18-10-6-5-9-17(18)15(3)19-12-16-8-7-11-20(4)13-16/h5-6,9-10,14-16,19H,7-8,11-13H2,1-4H3. The van der Waals surface area contributed by atoms with Crippen LogP contribution >= 0.6 is 0 Å². The normalized spacial score (nSPS) is 21.5. The number of hydrogen-bond donors (Lipinski definition) is 1. The summed E-state index contributed by atoms with van der Waals surface area (Å²) in [5, 5.41) is 3.70. The maximum absolute atomic E-state index is 5.93. The number of hydrogen-bond acceptors (Lipinski definition) is 3. The van der Waals surface area contributed by atoms with E-state index in [9.17, 15) is 0 Å². The first-order valence-corrected chi connectivity index (χ1v) is 8.23. The van der Waals surface area contributed by atoms with Gasteiger partial charge in [0.25, 0.3) is 0 Å². The molecule has 1 heterocycles. The van der Waals surface area contributed by atoms with E-state index in [2.05, 4.69) is 56.2 Å². The van der Waals surface area contributed by atoms with E-state index in [4.69, 9.17) is 4.74 Å². The summed E-state index contributed by atoms with van der Waals surface area (Å²) in [5.74, 6) is 1.78. The lowest BCUT2D eigenvalue weighted by atomic mass is 9.97. The first kappa shape index (κ1) is 16.3. The molecule has 2 atom stereocenters. The summed E-state index contributed by atoms with van der Waals surface area (Å²) in [4.78, 5) is 2.44. The number of nitrogens with one attached hydrogen (secondary N) is 1. The lowest BCUT2D eigenvalue weighted by molar-refractivity contribution is 0.202. The molecule has 0 aliphatic carbocycles. The van der Waals surface area contributed by atoms with E-state index in [0.29, 0.717) is 6.04 Å². The molecule has 0 amide bonds. The van der Waals surface area contributed by atoms with Crippen LogP contribution in [0.1, 0.15) is 45.2 Å². The summed E-state index contributed by atoms with van der Waals surface area (Å²) in [7, 11) is 2.22.